The van der Waals surface area contributed by atoms with E-state index in [0.29, 0.717) is 12.3 Å². The summed E-state index contributed by atoms with van der Waals surface area (Å²) >= 11 is 0. The summed E-state index contributed by atoms with van der Waals surface area (Å²) in [6.45, 7) is 4.19. The van der Waals surface area contributed by atoms with Crippen LogP contribution < -0.4 is 0 Å². The molecule has 0 aliphatic carbocycles. The van der Waals surface area contributed by atoms with Crippen molar-refractivity contribution in [3.8, 4) is 0 Å². The van der Waals surface area contributed by atoms with E-state index >= 15 is 0 Å². The Bertz CT molecular complexity index is 236. The molecule has 0 saturated heterocycles. The second-order valence-corrected chi connectivity index (χ2v) is 3.70. The van der Waals surface area contributed by atoms with Gasteiger partial charge >= 0.3 is 0 Å². The number of aromatic nitrogens is 2. The summed E-state index contributed by atoms with van der Waals surface area (Å²) in [6, 6.07) is 3.72. The molecule has 0 aliphatic heterocycles. The maximum atomic E-state index is 9.61. The highest BCUT2D eigenvalue weighted by atomic mass is 16.3. The van der Waals surface area contributed by atoms with Gasteiger partial charge in [0.15, 0.2) is 0 Å². The molecule has 0 radical (unpaired) electrons. The standard InChI is InChI=1S/C10H16N2O/c1-8(2)6-10(13)7-9-4-3-5-11-12-9/h3-5,8,10,13H,6-7H2,1-2H3. The summed E-state index contributed by atoms with van der Waals surface area (Å²) in [5, 5.41) is 17.3. The topological polar surface area (TPSA) is 46.0 Å². The van der Waals surface area contributed by atoms with Gasteiger partial charge in [-0.1, -0.05) is 13.8 Å². The summed E-state index contributed by atoms with van der Waals surface area (Å²) in [4.78, 5) is 0. The van der Waals surface area contributed by atoms with Gasteiger partial charge in [-0.15, -0.1) is 0 Å². The van der Waals surface area contributed by atoms with E-state index < -0.39 is 0 Å². The first-order chi connectivity index (χ1) is 6.18. The molecule has 0 amide bonds. The number of hydrogen-bond donors (Lipinski definition) is 1. The molecule has 0 spiro atoms. The molecule has 72 valence electrons. The normalized spacial score (nSPS) is 13.2. The van der Waals surface area contributed by atoms with E-state index in [2.05, 4.69) is 24.0 Å². The first-order valence-electron chi connectivity index (χ1n) is 4.63. The third kappa shape index (κ3) is 3.99. The molecule has 1 rings (SSSR count). The Morgan fingerprint density at radius 3 is 2.77 bits per heavy atom. The summed E-state index contributed by atoms with van der Waals surface area (Å²) in [6.07, 6.45) is 2.76. The summed E-state index contributed by atoms with van der Waals surface area (Å²) < 4.78 is 0. The second-order valence-electron chi connectivity index (χ2n) is 3.70. The van der Waals surface area contributed by atoms with Crippen molar-refractivity contribution in [2.24, 2.45) is 5.92 Å². The Hall–Kier alpha value is -0.960. The van der Waals surface area contributed by atoms with Crippen molar-refractivity contribution < 1.29 is 5.11 Å². The number of rotatable bonds is 4. The van der Waals surface area contributed by atoms with Gasteiger partial charge in [0.1, 0.15) is 0 Å². The Morgan fingerprint density at radius 2 is 2.23 bits per heavy atom. The van der Waals surface area contributed by atoms with Gasteiger partial charge in [0, 0.05) is 12.6 Å². The molecule has 1 aromatic rings. The monoisotopic (exact) mass is 180 g/mol. The van der Waals surface area contributed by atoms with E-state index in [1.165, 1.54) is 0 Å². The third-order valence-electron chi connectivity index (χ3n) is 1.82. The lowest BCUT2D eigenvalue weighted by atomic mass is 10.0. The third-order valence-corrected chi connectivity index (χ3v) is 1.82. The fraction of sp³-hybridized carbons (Fsp3) is 0.600. The maximum absolute atomic E-state index is 9.61. The lowest BCUT2D eigenvalue weighted by Crippen LogP contribution is -2.14. The lowest BCUT2D eigenvalue weighted by Gasteiger charge is -2.11. The first-order valence-corrected chi connectivity index (χ1v) is 4.63. The Labute approximate surface area is 78.8 Å². The van der Waals surface area contributed by atoms with Crippen LogP contribution in [-0.4, -0.2) is 21.4 Å². The molecule has 0 aromatic carbocycles. The molecular formula is C10H16N2O. The van der Waals surface area contributed by atoms with E-state index in [1.54, 1.807) is 6.20 Å². The zero-order chi connectivity index (χ0) is 9.68. The van der Waals surface area contributed by atoms with E-state index in [1.807, 2.05) is 12.1 Å². The predicted molar refractivity (Wildman–Crippen MR) is 51.2 cm³/mol. The molecule has 1 atom stereocenters. The first kappa shape index (κ1) is 10.1. The molecule has 1 N–H and O–H groups in total. The zero-order valence-corrected chi connectivity index (χ0v) is 8.14. The van der Waals surface area contributed by atoms with Gasteiger partial charge in [-0.05, 0) is 24.5 Å². The van der Waals surface area contributed by atoms with Gasteiger partial charge < -0.3 is 5.11 Å². The summed E-state index contributed by atoms with van der Waals surface area (Å²) in [5.74, 6) is 0.520. The number of aliphatic hydroxyl groups excluding tert-OH is 1. The Morgan fingerprint density at radius 1 is 1.46 bits per heavy atom. The van der Waals surface area contributed by atoms with Crippen LogP contribution in [0.2, 0.25) is 0 Å². The maximum Gasteiger partial charge on any atom is 0.0656 e. The van der Waals surface area contributed by atoms with Crippen LogP contribution in [0.15, 0.2) is 18.3 Å². The van der Waals surface area contributed by atoms with Crippen LogP contribution in [-0.2, 0) is 6.42 Å². The number of aliphatic hydroxyl groups is 1. The quantitative estimate of drug-likeness (QED) is 0.762. The molecule has 1 aromatic heterocycles. The van der Waals surface area contributed by atoms with Crippen LogP contribution >= 0.6 is 0 Å². The smallest absolute Gasteiger partial charge is 0.0656 e. The molecule has 1 heterocycles. The molecule has 1 unspecified atom stereocenters. The average Bonchev–Trinajstić information content (AvgIpc) is 2.04. The molecule has 0 fully saturated rings. The van der Waals surface area contributed by atoms with Crippen molar-refractivity contribution in [1.29, 1.82) is 0 Å². The molecule has 13 heavy (non-hydrogen) atoms. The summed E-state index contributed by atoms with van der Waals surface area (Å²) in [7, 11) is 0. The predicted octanol–water partition coefficient (Wildman–Crippen LogP) is 1.43. The van der Waals surface area contributed by atoms with Crippen molar-refractivity contribution in [2.45, 2.75) is 32.8 Å². The van der Waals surface area contributed by atoms with Gasteiger partial charge in [-0.2, -0.15) is 10.2 Å². The van der Waals surface area contributed by atoms with Crippen molar-refractivity contribution in [3.63, 3.8) is 0 Å². The molecule has 0 bridgehead atoms. The van der Waals surface area contributed by atoms with E-state index in [0.717, 1.165) is 12.1 Å². The van der Waals surface area contributed by atoms with E-state index in [-0.39, 0.29) is 6.10 Å². The highest BCUT2D eigenvalue weighted by Crippen LogP contribution is 2.08. The minimum Gasteiger partial charge on any atom is -0.393 e. The summed E-state index contributed by atoms with van der Waals surface area (Å²) in [5.41, 5.74) is 0.857. The zero-order valence-electron chi connectivity index (χ0n) is 8.14. The van der Waals surface area contributed by atoms with Crippen molar-refractivity contribution in [3.05, 3.63) is 24.0 Å². The van der Waals surface area contributed by atoms with Crippen LogP contribution in [0.3, 0.4) is 0 Å². The minimum absolute atomic E-state index is 0.295. The second kappa shape index (κ2) is 4.92. The van der Waals surface area contributed by atoms with Crippen LogP contribution in [0.25, 0.3) is 0 Å². The fourth-order valence-corrected chi connectivity index (χ4v) is 1.31. The molecule has 3 nitrogen and oxygen atoms in total. The molecular weight excluding hydrogens is 164 g/mol. The average molecular weight is 180 g/mol. The fourth-order valence-electron chi connectivity index (χ4n) is 1.31. The van der Waals surface area contributed by atoms with Crippen molar-refractivity contribution in [2.75, 3.05) is 0 Å². The SMILES string of the molecule is CC(C)CC(O)Cc1cccnn1. The number of hydrogen-bond acceptors (Lipinski definition) is 3. The van der Waals surface area contributed by atoms with Crippen LogP contribution in [0.1, 0.15) is 26.0 Å². The van der Waals surface area contributed by atoms with Gasteiger partial charge in [-0.25, -0.2) is 0 Å². The Kier molecular flexibility index (Phi) is 3.83. The van der Waals surface area contributed by atoms with Crippen LogP contribution in [0, 0.1) is 5.92 Å². The highest BCUT2D eigenvalue weighted by Gasteiger charge is 2.08. The number of nitrogens with zero attached hydrogens (tertiary/aromatic N) is 2. The lowest BCUT2D eigenvalue weighted by molar-refractivity contribution is 0.148. The van der Waals surface area contributed by atoms with Crippen molar-refractivity contribution in [1.82, 2.24) is 10.2 Å². The molecule has 0 aliphatic rings. The van der Waals surface area contributed by atoms with Gasteiger partial charge in [0.2, 0.25) is 0 Å². The highest BCUT2D eigenvalue weighted by molar-refractivity contribution is 5.00. The minimum atomic E-state index is -0.295. The van der Waals surface area contributed by atoms with E-state index in [9.17, 15) is 5.11 Å². The van der Waals surface area contributed by atoms with Gasteiger partial charge in [0.05, 0.1) is 11.8 Å². The largest absolute Gasteiger partial charge is 0.393 e. The Balaban J connectivity index is 2.41. The van der Waals surface area contributed by atoms with Gasteiger partial charge in [0.25, 0.3) is 0 Å². The van der Waals surface area contributed by atoms with Crippen LogP contribution in [0.5, 0.6) is 0 Å². The molecule has 3 heteroatoms. The van der Waals surface area contributed by atoms with Crippen LogP contribution in [0.4, 0.5) is 0 Å². The van der Waals surface area contributed by atoms with E-state index in [4.69, 9.17) is 0 Å². The van der Waals surface area contributed by atoms with Crippen molar-refractivity contribution >= 4 is 0 Å². The van der Waals surface area contributed by atoms with Gasteiger partial charge in [-0.3, -0.25) is 0 Å². The molecule has 0 saturated carbocycles.